The van der Waals surface area contributed by atoms with Crippen molar-refractivity contribution in [1.82, 2.24) is 0 Å². The van der Waals surface area contributed by atoms with Gasteiger partial charge in [-0.15, -0.1) is 0 Å². The standard InChI is InChI=1S/C8H14O/c1-2-3-4-5-6-7-8-9/h3-6,9H,2,7-8H2,1H3/b4-3+,6-5+. The van der Waals surface area contributed by atoms with Crippen molar-refractivity contribution < 1.29 is 5.11 Å². The van der Waals surface area contributed by atoms with Crippen LogP contribution in [0.3, 0.4) is 0 Å². The molecule has 0 aliphatic heterocycles. The summed E-state index contributed by atoms with van der Waals surface area (Å²) in [5.74, 6) is 0. The monoisotopic (exact) mass is 126 g/mol. The van der Waals surface area contributed by atoms with Crippen molar-refractivity contribution in [2.45, 2.75) is 19.8 Å². The summed E-state index contributed by atoms with van der Waals surface area (Å²) in [5.41, 5.74) is 0. The van der Waals surface area contributed by atoms with Crippen molar-refractivity contribution in [2.24, 2.45) is 0 Å². The van der Waals surface area contributed by atoms with Gasteiger partial charge in [-0.3, -0.25) is 0 Å². The minimum atomic E-state index is 0.246. The lowest BCUT2D eigenvalue weighted by molar-refractivity contribution is 0.302. The van der Waals surface area contributed by atoms with E-state index in [-0.39, 0.29) is 6.61 Å². The van der Waals surface area contributed by atoms with E-state index in [0.29, 0.717) is 0 Å². The molecule has 9 heavy (non-hydrogen) atoms. The van der Waals surface area contributed by atoms with Gasteiger partial charge >= 0.3 is 0 Å². The van der Waals surface area contributed by atoms with Crippen molar-refractivity contribution in [3.63, 3.8) is 0 Å². The molecule has 0 radical (unpaired) electrons. The molecule has 0 aliphatic rings. The van der Waals surface area contributed by atoms with Gasteiger partial charge in [-0.1, -0.05) is 31.2 Å². The maximum absolute atomic E-state index is 8.35. The molecule has 1 N–H and O–H groups in total. The first kappa shape index (κ1) is 8.44. The highest BCUT2D eigenvalue weighted by Crippen LogP contribution is 1.84. The van der Waals surface area contributed by atoms with Gasteiger partial charge in [0.25, 0.3) is 0 Å². The number of allylic oxidation sites excluding steroid dienone is 3. The molecule has 0 spiro atoms. The molecule has 0 aromatic carbocycles. The van der Waals surface area contributed by atoms with Gasteiger partial charge in [-0.05, 0) is 12.8 Å². The number of aliphatic hydroxyl groups is 1. The summed E-state index contributed by atoms with van der Waals surface area (Å²) in [6.07, 6.45) is 9.81. The van der Waals surface area contributed by atoms with E-state index in [4.69, 9.17) is 5.11 Å². The Labute approximate surface area is 56.7 Å². The highest BCUT2D eigenvalue weighted by Gasteiger charge is 1.69. The highest BCUT2D eigenvalue weighted by molar-refractivity contribution is 5.01. The van der Waals surface area contributed by atoms with Crippen LogP contribution in [0, 0.1) is 0 Å². The topological polar surface area (TPSA) is 20.2 Å². The molecule has 0 atom stereocenters. The van der Waals surface area contributed by atoms with Crippen molar-refractivity contribution in [3.05, 3.63) is 24.3 Å². The Morgan fingerprint density at radius 2 is 1.89 bits per heavy atom. The van der Waals surface area contributed by atoms with Crippen LogP contribution < -0.4 is 0 Å². The molecule has 0 saturated heterocycles. The van der Waals surface area contributed by atoms with Crippen molar-refractivity contribution in [2.75, 3.05) is 6.61 Å². The van der Waals surface area contributed by atoms with Gasteiger partial charge in [0, 0.05) is 6.61 Å². The number of hydrogen-bond acceptors (Lipinski definition) is 1. The summed E-state index contributed by atoms with van der Waals surface area (Å²) in [7, 11) is 0. The third-order valence-corrected chi connectivity index (χ3v) is 0.915. The van der Waals surface area contributed by atoms with Gasteiger partial charge < -0.3 is 5.11 Å². The van der Waals surface area contributed by atoms with E-state index >= 15 is 0 Å². The Morgan fingerprint density at radius 3 is 2.44 bits per heavy atom. The van der Waals surface area contributed by atoms with E-state index in [1.165, 1.54) is 0 Å². The fraction of sp³-hybridized carbons (Fsp3) is 0.500. The van der Waals surface area contributed by atoms with E-state index in [0.717, 1.165) is 12.8 Å². The summed E-state index contributed by atoms with van der Waals surface area (Å²) in [6.45, 7) is 2.34. The highest BCUT2D eigenvalue weighted by atomic mass is 16.2. The molecule has 0 heterocycles. The zero-order chi connectivity index (χ0) is 6.95. The molecule has 0 fully saturated rings. The third kappa shape index (κ3) is 7.44. The quantitative estimate of drug-likeness (QED) is 0.570. The molecule has 0 aromatic heterocycles. The molecule has 0 saturated carbocycles. The molecule has 0 aromatic rings. The predicted octanol–water partition coefficient (Wildman–Crippen LogP) is 1.89. The molecule has 1 heteroatoms. The first-order valence-electron chi connectivity index (χ1n) is 3.34. The van der Waals surface area contributed by atoms with Crippen molar-refractivity contribution in [1.29, 1.82) is 0 Å². The second kappa shape index (κ2) is 7.44. The van der Waals surface area contributed by atoms with Gasteiger partial charge in [-0.2, -0.15) is 0 Å². The average Bonchev–Trinajstić information content (AvgIpc) is 1.89. The van der Waals surface area contributed by atoms with E-state index in [1.807, 2.05) is 18.2 Å². The van der Waals surface area contributed by atoms with E-state index in [9.17, 15) is 0 Å². The Kier molecular flexibility index (Phi) is 6.98. The van der Waals surface area contributed by atoms with Crippen LogP contribution in [0.5, 0.6) is 0 Å². The Hall–Kier alpha value is -0.560. The molecular weight excluding hydrogens is 112 g/mol. The first-order chi connectivity index (χ1) is 4.41. The molecule has 0 aliphatic carbocycles. The maximum atomic E-state index is 8.35. The smallest absolute Gasteiger partial charge is 0.0465 e. The lowest BCUT2D eigenvalue weighted by atomic mass is 10.3. The van der Waals surface area contributed by atoms with Crippen LogP contribution in [0.15, 0.2) is 24.3 Å². The maximum Gasteiger partial charge on any atom is 0.0465 e. The SMILES string of the molecule is CC/C=C/C=C/CCO. The van der Waals surface area contributed by atoms with Crippen LogP contribution in [0.25, 0.3) is 0 Å². The minimum Gasteiger partial charge on any atom is -0.396 e. The molecule has 0 rings (SSSR count). The second-order valence-corrected chi connectivity index (χ2v) is 1.78. The van der Waals surface area contributed by atoms with E-state index in [1.54, 1.807) is 0 Å². The first-order valence-corrected chi connectivity index (χ1v) is 3.34. The van der Waals surface area contributed by atoms with Crippen LogP contribution in [0.4, 0.5) is 0 Å². The fourth-order valence-electron chi connectivity index (χ4n) is 0.464. The van der Waals surface area contributed by atoms with Crippen LogP contribution in [0.2, 0.25) is 0 Å². The number of rotatable bonds is 4. The van der Waals surface area contributed by atoms with Crippen LogP contribution in [0.1, 0.15) is 19.8 Å². The van der Waals surface area contributed by atoms with Crippen molar-refractivity contribution in [3.8, 4) is 0 Å². The molecule has 1 nitrogen and oxygen atoms in total. The van der Waals surface area contributed by atoms with Crippen LogP contribution in [-0.2, 0) is 0 Å². The molecule has 52 valence electrons. The van der Waals surface area contributed by atoms with Crippen molar-refractivity contribution >= 4 is 0 Å². The third-order valence-electron chi connectivity index (χ3n) is 0.915. The van der Waals surface area contributed by atoms with Gasteiger partial charge in [0.2, 0.25) is 0 Å². The Bertz CT molecular complexity index is 92.7. The van der Waals surface area contributed by atoms with Gasteiger partial charge in [-0.25, -0.2) is 0 Å². The average molecular weight is 126 g/mol. The fourth-order valence-corrected chi connectivity index (χ4v) is 0.464. The lowest BCUT2D eigenvalue weighted by Crippen LogP contribution is -1.73. The lowest BCUT2D eigenvalue weighted by Gasteiger charge is -1.79. The second-order valence-electron chi connectivity index (χ2n) is 1.78. The summed E-state index contributed by atoms with van der Waals surface area (Å²) in [4.78, 5) is 0. The van der Waals surface area contributed by atoms with E-state index in [2.05, 4.69) is 13.0 Å². The van der Waals surface area contributed by atoms with Gasteiger partial charge in [0.15, 0.2) is 0 Å². The zero-order valence-electron chi connectivity index (χ0n) is 5.88. The van der Waals surface area contributed by atoms with Crippen LogP contribution >= 0.6 is 0 Å². The summed E-state index contributed by atoms with van der Waals surface area (Å²) < 4.78 is 0. The van der Waals surface area contributed by atoms with Gasteiger partial charge in [0.1, 0.15) is 0 Å². The summed E-state index contributed by atoms with van der Waals surface area (Å²) in [6, 6.07) is 0. The van der Waals surface area contributed by atoms with E-state index < -0.39 is 0 Å². The number of hydrogen-bond donors (Lipinski definition) is 1. The molecule has 0 bridgehead atoms. The van der Waals surface area contributed by atoms with Crippen LogP contribution in [-0.4, -0.2) is 11.7 Å². The largest absolute Gasteiger partial charge is 0.396 e. The molecular formula is C8H14O. The number of aliphatic hydroxyl groups excluding tert-OH is 1. The molecule has 0 amide bonds. The Balaban J connectivity index is 3.13. The minimum absolute atomic E-state index is 0.246. The van der Waals surface area contributed by atoms with Gasteiger partial charge in [0.05, 0.1) is 0 Å². The summed E-state index contributed by atoms with van der Waals surface area (Å²) in [5, 5.41) is 8.35. The summed E-state index contributed by atoms with van der Waals surface area (Å²) >= 11 is 0. The Morgan fingerprint density at radius 1 is 1.22 bits per heavy atom. The molecule has 0 unspecified atom stereocenters. The normalized spacial score (nSPS) is 11.8. The zero-order valence-corrected chi connectivity index (χ0v) is 5.88. The predicted molar refractivity (Wildman–Crippen MR) is 40.3 cm³/mol.